The molecule has 0 saturated carbocycles. The first kappa shape index (κ1) is 18.6. The third-order valence-electron chi connectivity index (χ3n) is 3.66. The number of rotatable bonds is 6. The Balaban J connectivity index is 1.82. The molecule has 0 atom stereocenters. The summed E-state index contributed by atoms with van der Waals surface area (Å²) >= 11 is 10.4. The zero-order valence-electron chi connectivity index (χ0n) is 13.3. The van der Waals surface area contributed by atoms with Gasteiger partial charge >= 0.3 is 5.97 Å². The molecule has 0 aliphatic carbocycles. The number of carbonyl (C=O) groups excluding carboxylic acids is 1. The van der Waals surface area contributed by atoms with E-state index in [0.717, 1.165) is 10.4 Å². The molecule has 26 heavy (non-hydrogen) atoms. The number of halogens is 2. The van der Waals surface area contributed by atoms with Crippen molar-refractivity contribution >= 4 is 56.3 Å². The molecular weight excluding hydrogens is 438 g/mol. The summed E-state index contributed by atoms with van der Waals surface area (Å²) in [4.78, 5) is 25.0. The zero-order chi connectivity index (χ0) is 18.7. The number of benzene rings is 2. The normalized spacial score (nSPS) is 10.5. The SMILES string of the molecule is O=C(CNc1cc(-c2ccccc2)sc1C(=O)O)c1ccc(Cl)cc1Br. The van der Waals surface area contributed by atoms with Gasteiger partial charge in [0.1, 0.15) is 4.88 Å². The molecule has 1 aromatic heterocycles. The fourth-order valence-electron chi connectivity index (χ4n) is 2.41. The van der Waals surface area contributed by atoms with Crippen LogP contribution in [0.15, 0.2) is 59.1 Å². The third-order valence-corrected chi connectivity index (χ3v) is 5.72. The summed E-state index contributed by atoms with van der Waals surface area (Å²) in [6, 6.07) is 16.2. The lowest BCUT2D eigenvalue weighted by atomic mass is 10.1. The molecule has 0 saturated heterocycles. The zero-order valence-corrected chi connectivity index (χ0v) is 16.5. The van der Waals surface area contributed by atoms with Crippen LogP contribution in [0.25, 0.3) is 10.4 Å². The number of ketones is 1. The van der Waals surface area contributed by atoms with Gasteiger partial charge in [0.15, 0.2) is 5.78 Å². The largest absolute Gasteiger partial charge is 0.477 e. The minimum absolute atomic E-state index is 0.0223. The van der Waals surface area contributed by atoms with E-state index >= 15 is 0 Å². The van der Waals surface area contributed by atoms with Gasteiger partial charge in [0.25, 0.3) is 0 Å². The second-order valence-electron chi connectivity index (χ2n) is 5.43. The smallest absolute Gasteiger partial charge is 0.348 e. The minimum atomic E-state index is -1.03. The summed E-state index contributed by atoms with van der Waals surface area (Å²) < 4.78 is 0.602. The molecule has 0 aliphatic rings. The van der Waals surface area contributed by atoms with Crippen LogP contribution in [-0.2, 0) is 0 Å². The Labute approximate surface area is 167 Å². The van der Waals surface area contributed by atoms with E-state index < -0.39 is 5.97 Å². The monoisotopic (exact) mass is 449 g/mol. The van der Waals surface area contributed by atoms with Gasteiger partial charge in [-0.25, -0.2) is 4.79 Å². The Kier molecular flexibility index (Phi) is 5.76. The summed E-state index contributed by atoms with van der Waals surface area (Å²) in [6.45, 7) is -0.0223. The van der Waals surface area contributed by atoms with Crippen molar-refractivity contribution in [1.82, 2.24) is 0 Å². The van der Waals surface area contributed by atoms with E-state index in [0.29, 0.717) is 20.7 Å². The van der Waals surface area contributed by atoms with Gasteiger partial charge in [-0.05, 0) is 45.8 Å². The van der Waals surface area contributed by atoms with Crippen molar-refractivity contribution in [2.45, 2.75) is 0 Å². The number of anilines is 1. The van der Waals surface area contributed by atoms with Crippen molar-refractivity contribution < 1.29 is 14.7 Å². The molecule has 3 aromatic rings. The van der Waals surface area contributed by atoms with Crippen molar-refractivity contribution in [1.29, 1.82) is 0 Å². The topological polar surface area (TPSA) is 66.4 Å². The van der Waals surface area contributed by atoms with Crippen LogP contribution in [0.3, 0.4) is 0 Å². The van der Waals surface area contributed by atoms with Gasteiger partial charge in [0.2, 0.25) is 0 Å². The van der Waals surface area contributed by atoms with E-state index in [9.17, 15) is 14.7 Å². The van der Waals surface area contributed by atoms with Crippen molar-refractivity contribution in [3.8, 4) is 10.4 Å². The molecule has 0 fully saturated rings. The van der Waals surface area contributed by atoms with Crippen LogP contribution >= 0.6 is 38.9 Å². The van der Waals surface area contributed by atoms with Crippen molar-refractivity contribution in [2.75, 3.05) is 11.9 Å². The summed E-state index contributed by atoms with van der Waals surface area (Å²) in [6.07, 6.45) is 0. The quantitative estimate of drug-likeness (QED) is 0.464. The van der Waals surface area contributed by atoms with Gasteiger partial charge in [-0.3, -0.25) is 4.79 Å². The minimum Gasteiger partial charge on any atom is -0.477 e. The van der Waals surface area contributed by atoms with Crippen LogP contribution in [0.4, 0.5) is 5.69 Å². The second kappa shape index (κ2) is 8.03. The lowest BCUT2D eigenvalue weighted by Gasteiger charge is -2.07. The second-order valence-corrected chi connectivity index (χ2v) is 7.77. The van der Waals surface area contributed by atoms with E-state index in [1.807, 2.05) is 30.3 Å². The lowest BCUT2D eigenvalue weighted by Crippen LogP contribution is -2.15. The van der Waals surface area contributed by atoms with Gasteiger partial charge in [-0.2, -0.15) is 0 Å². The first-order chi connectivity index (χ1) is 12.5. The number of Topliss-reactive ketones (excluding diaryl/α,β-unsaturated/α-hetero) is 1. The number of aromatic carboxylic acids is 1. The standard InChI is InChI=1S/C19H13BrClNO3S/c20-14-8-12(21)6-7-13(14)16(23)10-22-15-9-17(26-18(15)19(24)25)11-4-2-1-3-5-11/h1-9,22H,10H2,(H,24,25). The first-order valence-electron chi connectivity index (χ1n) is 7.60. The molecule has 2 aromatic carbocycles. The van der Waals surface area contributed by atoms with Crippen LogP contribution < -0.4 is 5.32 Å². The molecule has 7 heteroatoms. The Hall–Kier alpha value is -2.15. The van der Waals surface area contributed by atoms with Crippen LogP contribution in [-0.4, -0.2) is 23.4 Å². The molecule has 1 heterocycles. The highest BCUT2D eigenvalue weighted by Crippen LogP contribution is 2.35. The highest BCUT2D eigenvalue weighted by Gasteiger charge is 2.18. The number of nitrogens with one attached hydrogen (secondary N) is 1. The summed E-state index contributed by atoms with van der Waals surface area (Å²) in [5.74, 6) is -1.20. The molecule has 132 valence electrons. The Morgan fingerprint density at radius 1 is 1.12 bits per heavy atom. The molecule has 0 spiro atoms. The molecule has 0 amide bonds. The maximum absolute atomic E-state index is 12.4. The number of thiophene rings is 1. The fourth-order valence-corrected chi connectivity index (χ4v) is 4.30. The van der Waals surface area contributed by atoms with E-state index in [-0.39, 0.29) is 17.2 Å². The summed E-state index contributed by atoms with van der Waals surface area (Å²) in [7, 11) is 0. The molecule has 0 bridgehead atoms. The highest BCUT2D eigenvalue weighted by molar-refractivity contribution is 9.10. The van der Waals surface area contributed by atoms with Crippen molar-refractivity contribution in [2.24, 2.45) is 0 Å². The molecular formula is C19H13BrClNO3S. The summed E-state index contributed by atoms with van der Waals surface area (Å²) in [5.41, 5.74) is 1.84. The van der Waals surface area contributed by atoms with E-state index in [1.54, 1.807) is 24.3 Å². The van der Waals surface area contributed by atoms with Gasteiger partial charge in [-0.1, -0.05) is 41.9 Å². The summed E-state index contributed by atoms with van der Waals surface area (Å²) in [5, 5.41) is 12.9. The Morgan fingerprint density at radius 3 is 2.50 bits per heavy atom. The Bertz CT molecular complexity index is 972. The van der Waals surface area contributed by atoms with Crippen molar-refractivity contribution in [3.63, 3.8) is 0 Å². The average molecular weight is 451 g/mol. The van der Waals surface area contributed by atoms with E-state index in [4.69, 9.17) is 11.6 Å². The molecule has 4 nitrogen and oxygen atoms in total. The molecule has 3 rings (SSSR count). The number of carbonyl (C=O) groups is 2. The van der Waals surface area contributed by atoms with Crippen LogP contribution in [0.2, 0.25) is 5.02 Å². The van der Waals surface area contributed by atoms with Crippen LogP contribution in [0.5, 0.6) is 0 Å². The van der Waals surface area contributed by atoms with Crippen molar-refractivity contribution in [3.05, 3.63) is 74.5 Å². The van der Waals surface area contributed by atoms with Crippen LogP contribution in [0.1, 0.15) is 20.0 Å². The maximum Gasteiger partial charge on any atom is 0.348 e. The molecule has 2 N–H and O–H groups in total. The highest BCUT2D eigenvalue weighted by atomic mass is 79.9. The van der Waals surface area contributed by atoms with Gasteiger partial charge in [0.05, 0.1) is 12.2 Å². The molecule has 0 unspecified atom stereocenters. The third kappa shape index (κ3) is 4.15. The van der Waals surface area contributed by atoms with Gasteiger partial charge in [0, 0.05) is 19.9 Å². The predicted molar refractivity (Wildman–Crippen MR) is 109 cm³/mol. The maximum atomic E-state index is 12.4. The van der Waals surface area contributed by atoms with E-state index in [2.05, 4.69) is 21.2 Å². The first-order valence-corrected chi connectivity index (χ1v) is 9.59. The van der Waals surface area contributed by atoms with Crippen LogP contribution in [0, 0.1) is 0 Å². The van der Waals surface area contributed by atoms with Gasteiger partial charge in [-0.15, -0.1) is 11.3 Å². The number of hydrogen-bond acceptors (Lipinski definition) is 4. The Morgan fingerprint density at radius 2 is 1.85 bits per heavy atom. The lowest BCUT2D eigenvalue weighted by molar-refractivity contribution is 0.0702. The fraction of sp³-hybridized carbons (Fsp3) is 0.0526. The van der Waals surface area contributed by atoms with Gasteiger partial charge < -0.3 is 10.4 Å². The molecule has 0 aliphatic heterocycles. The molecule has 0 radical (unpaired) electrons. The number of carboxylic acids is 1. The number of hydrogen-bond donors (Lipinski definition) is 2. The number of carboxylic acid groups (broad SMARTS) is 1. The predicted octanol–water partition coefficient (Wildman–Crippen LogP) is 5.82. The average Bonchev–Trinajstić information content (AvgIpc) is 3.05. The van der Waals surface area contributed by atoms with E-state index in [1.165, 1.54) is 11.3 Å².